The SMILES string of the molecule is COc1cc2c(cc1OC)[C@@H](COc1cccc(C(F)(F)F)c1)N(C(=O)C1CCCCC1)CC2. The van der Waals surface area contributed by atoms with E-state index in [1.807, 2.05) is 17.0 Å². The molecule has 0 radical (unpaired) electrons. The van der Waals surface area contributed by atoms with Gasteiger partial charge in [0.1, 0.15) is 12.4 Å². The van der Waals surface area contributed by atoms with Crippen molar-refractivity contribution < 1.29 is 32.2 Å². The maximum atomic E-state index is 13.5. The summed E-state index contributed by atoms with van der Waals surface area (Å²) in [5, 5.41) is 0. The molecular formula is C26H30F3NO4. The largest absolute Gasteiger partial charge is 0.493 e. The molecule has 1 amide bonds. The van der Waals surface area contributed by atoms with Gasteiger partial charge < -0.3 is 19.1 Å². The number of rotatable bonds is 6. The molecule has 2 aromatic rings. The summed E-state index contributed by atoms with van der Waals surface area (Å²) in [5.74, 6) is 1.33. The number of carbonyl (C=O) groups excluding carboxylic acids is 1. The zero-order valence-electron chi connectivity index (χ0n) is 19.5. The van der Waals surface area contributed by atoms with Crippen LogP contribution < -0.4 is 14.2 Å². The number of ether oxygens (including phenoxy) is 3. The van der Waals surface area contributed by atoms with Crippen LogP contribution in [0.3, 0.4) is 0 Å². The van der Waals surface area contributed by atoms with E-state index in [2.05, 4.69) is 0 Å². The number of halogens is 3. The fourth-order valence-corrected chi connectivity index (χ4v) is 4.99. The van der Waals surface area contributed by atoms with Crippen LogP contribution in [0.5, 0.6) is 17.2 Å². The first kappa shape index (κ1) is 24.2. The van der Waals surface area contributed by atoms with Gasteiger partial charge in [0.05, 0.1) is 25.8 Å². The lowest BCUT2D eigenvalue weighted by Gasteiger charge is -2.40. The quantitative estimate of drug-likeness (QED) is 0.527. The molecule has 1 aliphatic carbocycles. The molecule has 1 aliphatic heterocycles. The molecule has 0 bridgehead atoms. The molecule has 0 N–H and O–H groups in total. The van der Waals surface area contributed by atoms with E-state index in [9.17, 15) is 18.0 Å². The molecule has 4 rings (SSSR count). The van der Waals surface area contributed by atoms with Crippen LogP contribution in [0.15, 0.2) is 36.4 Å². The standard InChI is InChI=1S/C26H30F3NO4/c1-32-23-13-18-11-12-30(25(31)17-7-4-3-5-8-17)22(21(18)15-24(23)33-2)16-34-20-10-6-9-19(14-20)26(27,28)29/h6,9-10,13-15,17,22H,3-5,7-8,11-12,16H2,1-2H3/t22-/m1/s1. The molecule has 184 valence electrons. The van der Waals surface area contributed by atoms with E-state index in [1.165, 1.54) is 12.1 Å². The summed E-state index contributed by atoms with van der Waals surface area (Å²) in [6, 6.07) is 8.16. The van der Waals surface area contributed by atoms with Gasteiger partial charge in [-0.1, -0.05) is 25.3 Å². The van der Waals surface area contributed by atoms with Gasteiger partial charge in [-0.15, -0.1) is 0 Å². The summed E-state index contributed by atoms with van der Waals surface area (Å²) in [5.41, 5.74) is 1.12. The smallest absolute Gasteiger partial charge is 0.416 e. The van der Waals surface area contributed by atoms with Crippen molar-refractivity contribution in [2.24, 2.45) is 5.92 Å². The second-order valence-corrected chi connectivity index (χ2v) is 8.87. The van der Waals surface area contributed by atoms with Gasteiger partial charge in [0.25, 0.3) is 0 Å². The number of carbonyl (C=O) groups is 1. The van der Waals surface area contributed by atoms with E-state index >= 15 is 0 Å². The lowest BCUT2D eigenvalue weighted by molar-refractivity contribution is -0.140. The van der Waals surface area contributed by atoms with Crippen LogP contribution in [0.2, 0.25) is 0 Å². The Labute approximate surface area is 197 Å². The van der Waals surface area contributed by atoms with Crippen molar-refractivity contribution in [2.75, 3.05) is 27.4 Å². The normalized spacial score (nSPS) is 18.9. The van der Waals surface area contributed by atoms with Gasteiger partial charge in [0, 0.05) is 12.5 Å². The lowest BCUT2D eigenvalue weighted by atomic mass is 9.86. The van der Waals surface area contributed by atoms with Crippen LogP contribution in [0, 0.1) is 5.92 Å². The number of alkyl halides is 3. The maximum absolute atomic E-state index is 13.5. The molecule has 1 atom stereocenters. The second kappa shape index (κ2) is 10.2. The molecule has 0 saturated heterocycles. The average Bonchev–Trinajstić information content (AvgIpc) is 2.86. The average molecular weight is 478 g/mol. The van der Waals surface area contributed by atoms with Crippen molar-refractivity contribution in [3.05, 3.63) is 53.1 Å². The third kappa shape index (κ3) is 5.10. The molecule has 0 aromatic heterocycles. The topological polar surface area (TPSA) is 48.0 Å². The summed E-state index contributed by atoms with van der Waals surface area (Å²) in [6.07, 6.45) is 1.17. The Bertz CT molecular complexity index is 1020. The molecule has 8 heteroatoms. The first-order chi connectivity index (χ1) is 16.3. The highest BCUT2D eigenvalue weighted by molar-refractivity contribution is 5.80. The third-order valence-electron chi connectivity index (χ3n) is 6.81. The number of amides is 1. The number of hydrogen-bond acceptors (Lipinski definition) is 4. The predicted molar refractivity (Wildman–Crippen MR) is 121 cm³/mol. The van der Waals surface area contributed by atoms with E-state index in [1.54, 1.807) is 14.2 Å². The summed E-state index contributed by atoms with van der Waals surface area (Å²) in [7, 11) is 3.12. The summed E-state index contributed by atoms with van der Waals surface area (Å²) >= 11 is 0. The maximum Gasteiger partial charge on any atom is 0.416 e. The third-order valence-corrected chi connectivity index (χ3v) is 6.81. The Morgan fingerprint density at radius 1 is 1.03 bits per heavy atom. The molecule has 0 unspecified atom stereocenters. The van der Waals surface area contributed by atoms with Crippen LogP contribution in [-0.4, -0.2) is 38.2 Å². The number of fused-ring (bicyclic) bond motifs is 1. The van der Waals surface area contributed by atoms with Crippen molar-refractivity contribution in [3.63, 3.8) is 0 Å². The van der Waals surface area contributed by atoms with Gasteiger partial charge in [0.2, 0.25) is 5.91 Å². The molecule has 0 spiro atoms. The van der Waals surface area contributed by atoms with Crippen LogP contribution >= 0.6 is 0 Å². The molecule has 1 fully saturated rings. The van der Waals surface area contributed by atoms with Gasteiger partial charge in [0.15, 0.2) is 11.5 Å². The Hall–Kier alpha value is -2.90. The molecule has 2 aliphatic rings. The highest BCUT2D eigenvalue weighted by atomic mass is 19.4. The van der Waals surface area contributed by atoms with Crippen LogP contribution in [0.1, 0.15) is 54.8 Å². The molecular weight excluding hydrogens is 447 g/mol. The minimum Gasteiger partial charge on any atom is -0.493 e. The number of hydrogen-bond donors (Lipinski definition) is 0. The highest BCUT2D eigenvalue weighted by Gasteiger charge is 2.36. The first-order valence-corrected chi connectivity index (χ1v) is 11.7. The zero-order chi connectivity index (χ0) is 24.3. The molecule has 5 nitrogen and oxygen atoms in total. The van der Waals surface area contributed by atoms with Crippen LogP contribution in [0.4, 0.5) is 13.2 Å². The van der Waals surface area contributed by atoms with E-state index in [0.29, 0.717) is 24.5 Å². The monoisotopic (exact) mass is 477 g/mol. The fraction of sp³-hybridized carbons (Fsp3) is 0.500. The number of benzene rings is 2. The van der Waals surface area contributed by atoms with Crippen molar-refractivity contribution in [3.8, 4) is 17.2 Å². The van der Waals surface area contributed by atoms with E-state index < -0.39 is 17.8 Å². The number of nitrogens with zero attached hydrogens (tertiary/aromatic N) is 1. The van der Waals surface area contributed by atoms with Crippen molar-refractivity contribution >= 4 is 5.91 Å². The van der Waals surface area contributed by atoms with Crippen molar-refractivity contribution in [1.82, 2.24) is 4.90 Å². The van der Waals surface area contributed by atoms with Crippen molar-refractivity contribution in [2.45, 2.75) is 50.7 Å². The van der Waals surface area contributed by atoms with Gasteiger partial charge in [-0.25, -0.2) is 0 Å². The van der Waals surface area contributed by atoms with E-state index in [-0.39, 0.29) is 24.2 Å². The predicted octanol–water partition coefficient (Wildman–Crippen LogP) is 5.81. The van der Waals surface area contributed by atoms with Crippen molar-refractivity contribution in [1.29, 1.82) is 0 Å². The highest BCUT2D eigenvalue weighted by Crippen LogP contribution is 2.40. The van der Waals surface area contributed by atoms with Gasteiger partial charge >= 0.3 is 6.18 Å². The number of methoxy groups -OCH3 is 2. The molecule has 2 aromatic carbocycles. The Balaban J connectivity index is 1.65. The van der Waals surface area contributed by atoms with Gasteiger partial charge in [-0.05, 0) is 60.7 Å². The van der Waals surface area contributed by atoms with Gasteiger partial charge in [-0.3, -0.25) is 4.79 Å². The Kier molecular flexibility index (Phi) is 7.24. The fourth-order valence-electron chi connectivity index (χ4n) is 4.99. The minimum absolute atomic E-state index is 0.0218. The second-order valence-electron chi connectivity index (χ2n) is 8.87. The summed E-state index contributed by atoms with van der Waals surface area (Å²) in [4.78, 5) is 15.4. The van der Waals surface area contributed by atoms with E-state index in [0.717, 1.165) is 55.4 Å². The first-order valence-electron chi connectivity index (χ1n) is 11.7. The Morgan fingerprint density at radius 2 is 1.74 bits per heavy atom. The van der Waals surface area contributed by atoms with Crippen LogP contribution in [-0.2, 0) is 17.4 Å². The lowest BCUT2D eigenvalue weighted by Crippen LogP contribution is -2.45. The molecule has 1 heterocycles. The minimum atomic E-state index is -4.45. The summed E-state index contributed by atoms with van der Waals surface area (Å²) in [6.45, 7) is 0.566. The van der Waals surface area contributed by atoms with Gasteiger partial charge in [-0.2, -0.15) is 13.2 Å². The molecule has 34 heavy (non-hydrogen) atoms. The van der Waals surface area contributed by atoms with Crippen LogP contribution in [0.25, 0.3) is 0 Å². The summed E-state index contributed by atoms with van der Waals surface area (Å²) < 4.78 is 56.3. The van der Waals surface area contributed by atoms with E-state index in [4.69, 9.17) is 14.2 Å². The zero-order valence-corrected chi connectivity index (χ0v) is 19.5. The Morgan fingerprint density at radius 3 is 2.41 bits per heavy atom. The molecule has 1 saturated carbocycles.